The Morgan fingerprint density at radius 3 is 2.63 bits per heavy atom. The van der Waals surface area contributed by atoms with E-state index in [0.29, 0.717) is 11.6 Å². The molecule has 1 heterocycles. The molecule has 0 aliphatic carbocycles. The van der Waals surface area contributed by atoms with E-state index in [-0.39, 0.29) is 18.3 Å². The Bertz CT molecular complexity index is 935. The number of ether oxygens (including phenoxy) is 1. The quantitative estimate of drug-likeness (QED) is 0.726. The maximum Gasteiger partial charge on any atom is 0.258 e. The van der Waals surface area contributed by atoms with Crippen molar-refractivity contribution in [2.75, 3.05) is 6.61 Å². The Hall–Kier alpha value is -3.15. The summed E-state index contributed by atoms with van der Waals surface area (Å²) >= 11 is 0. The molecule has 0 aliphatic rings. The second kappa shape index (κ2) is 8.03. The molecule has 3 rings (SSSR count). The highest BCUT2D eigenvalue weighted by Crippen LogP contribution is 2.22. The first kappa shape index (κ1) is 18.6. The third-order valence-electron chi connectivity index (χ3n) is 4.54. The van der Waals surface area contributed by atoms with Crippen LogP contribution in [0.1, 0.15) is 28.6 Å². The van der Waals surface area contributed by atoms with Crippen LogP contribution in [0.25, 0.3) is 0 Å². The highest BCUT2D eigenvalue weighted by atomic mass is 19.1. The number of hydrogen-bond donors (Lipinski definition) is 1. The van der Waals surface area contributed by atoms with Crippen LogP contribution in [0.5, 0.6) is 5.75 Å². The number of aryl methyl sites for hydroxylation is 2. The molecule has 140 valence electrons. The van der Waals surface area contributed by atoms with Crippen molar-refractivity contribution >= 4 is 5.91 Å². The van der Waals surface area contributed by atoms with Gasteiger partial charge in [-0.05, 0) is 48.7 Å². The van der Waals surface area contributed by atoms with Gasteiger partial charge in [-0.25, -0.2) is 9.37 Å². The molecule has 0 unspecified atom stereocenters. The number of aromatic nitrogens is 2. The average Bonchev–Trinajstić information content (AvgIpc) is 3.07. The van der Waals surface area contributed by atoms with Crippen LogP contribution < -0.4 is 10.1 Å². The van der Waals surface area contributed by atoms with Crippen molar-refractivity contribution in [1.29, 1.82) is 0 Å². The molecule has 1 aromatic heterocycles. The van der Waals surface area contributed by atoms with Gasteiger partial charge in [0.15, 0.2) is 6.61 Å². The third-order valence-corrected chi connectivity index (χ3v) is 4.54. The lowest BCUT2D eigenvalue weighted by atomic mass is 10.1. The SMILES string of the molecule is Cc1cccc(OCC(=O)N[C@@H](c2ccc(F)cc2)c2nccn2C)c1C. The number of nitrogens with zero attached hydrogens (tertiary/aromatic N) is 2. The van der Waals surface area contributed by atoms with E-state index >= 15 is 0 Å². The third kappa shape index (κ3) is 4.34. The van der Waals surface area contributed by atoms with Gasteiger partial charge in [0.05, 0.1) is 0 Å². The van der Waals surface area contributed by atoms with Crippen molar-refractivity contribution in [3.63, 3.8) is 0 Å². The van der Waals surface area contributed by atoms with Crippen LogP contribution in [0.2, 0.25) is 0 Å². The van der Waals surface area contributed by atoms with E-state index in [9.17, 15) is 9.18 Å². The van der Waals surface area contributed by atoms with E-state index in [1.54, 1.807) is 24.5 Å². The molecule has 2 aromatic carbocycles. The molecule has 1 amide bonds. The molecule has 5 nitrogen and oxygen atoms in total. The Balaban J connectivity index is 1.76. The van der Waals surface area contributed by atoms with Gasteiger partial charge in [0.25, 0.3) is 5.91 Å². The number of carbonyl (C=O) groups is 1. The summed E-state index contributed by atoms with van der Waals surface area (Å²) in [5, 5.41) is 2.93. The van der Waals surface area contributed by atoms with E-state index in [0.717, 1.165) is 16.7 Å². The first-order chi connectivity index (χ1) is 13.0. The fraction of sp³-hybridized carbons (Fsp3) is 0.238. The van der Waals surface area contributed by atoms with Crippen LogP contribution in [0.3, 0.4) is 0 Å². The molecule has 0 spiro atoms. The van der Waals surface area contributed by atoms with Gasteiger partial charge in [-0.1, -0.05) is 24.3 Å². The Morgan fingerprint density at radius 2 is 1.96 bits per heavy atom. The summed E-state index contributed by atoms with van der Waals surface area (Å²) in [5.41, 5.74) is 2.85. The molecule has 0 bridgehead atoms. The number of nitrogens with one attached hydrogen (secondary N) is 1. The fourth-order valence-electron chi connectivity index (χ4n) is 2.83. The van der Waals surface area contributed by atoms with E-state index in [1.807, 2.05) is 43.7 Å². The lowest BCUT2D eigenvalue weighted by molar-refractivity contribution is -0.123. The topological polar surface area (TPSA) is 56.1 Å². The van der Waals surface area contributed by atoms with E-state index in [2.05, 4.69) is 10.3 Å². The molecular formula is C21H22FN3O2. The summed E-state index contributed by atoms with van der Waals surface area (Å²) in [5.74, 6) is 0.720. The summed E-state index contributed by atoms with van der Waals surface area (Å²) in [6, 6.07) is 11.2. The summed E-state index contributed by atoms with van der Waals surface area (Å²) in [6.07, 6.45) is 3.45. The van der Waals surface area contributed by atoms with Gasteiger partial charge in [0.2, 0.25) is 0 Å². The maximum atomic E-state index is 13.3. The second-order valence-electron chi connectivity index (χ2n) is 6.44. The van der Waals surface area contributed by atoms with Gasteiger partial charge < -0.3 is 14.6 Å². The number of hydrogen-bond acceptors (Lipinski definition) is 3. The van der Waals surface area contributed by atoms with Crippen molar-refractivity contribution in [3.05, 3.63) is 83.2 Å². The van der Waals surface area contributed by atoms with Crippen LogP contribution in [0, 0.1) is 19.7 Å². The van der Waals surface area contributed by atoms with Crippen molar-refractivity contribution < 1.29 is 13.9 Å². The number of carbonyl (C=O) groups excluding carboxylic acids is 1. The maximum absolute atomic E-state index is 13.3. The zero-order valence-electron chi connectivity index (χ0n) is 15.6. The minimum atomic E-state index is -0.500. The number of halogens is 1. The molecule has 0 radical (unpaired) electrons. The largest absolute Gasteiger partial charge is 0.483 e. The van der Waals surface area contributed by atoms with Crippen LogP contribution >= 0.6 is 0 Å². The molecule has 1 N–H and O–H groups in total. The minimum Gasteiger partial charge on any atom is -0.483 e. The predicted octanol–water partition coefficient (Wildman–Crippen LogP) is 3.46. The number of imidazole rings is 1. The zero-order chi connectivity index (χ0) is 19.4. The smallest absolute Gasteiger partial charge is 0.258 e. The molecular weight excluding hydrogens is 345 g/mol. The fourth-order valence-corrected chi connectivity index (χ4v) is 2.83. The van der Waals surface area contributed by atoms with Crippen LogP contribution in [-0.2, 0) is 11.8 Å². The lowest BCUT2D eigenvalue weighted by Crippen LogP contribution is -2.34. The molecule has 3 aromatic rings. The summed E-state index contributed by atoms with van der Waals surface area (Å²) in [6.45, 7) is 3.83. The van der Waals surface area contributed by atoms with Crippen molar-refractivity contribution in [2.24, 2.45) is 7.05 Å². The molecule has 27 heavy (non-hydrogen) atoms. The van der Waals surface area contributed by atoms with Gasteiger partial charge in [-0.15, -0.1) is 0 Å². The first-order valence-corrected chi connectivity index (χ1v) is 8.67. The molecule has 0 saturated heterocycles. The number of benzene rings is 2. The predicted molar refractivity (Wildman–Crippen MR) is 101 cm³/mol. The monoisotopic (exact) mass is 367 g/mol. The first-order valence-electron chi connectivity index (χ1n) is 8.67. The summed E-state index contributed by atoms with van der Waals surface area (Å²) < 4.78 is 20.8. The highest BCUT2D eigenvalue weighted by Gasteiger charge is 2.21. The molecule has 0 saturated carbocycles. The van der Waals surface area contributed by atoms with Crippen molar-refractivity contribution in [3.8, 4) is 5.75 Å². The molecule has 6 heteroatoms. The van der Waals surface area contributed by atoms with Gasteiger partial charge in [-0.2, -0.15) is 0 Å². The summed E-state index contributed by atoms with van der Waals surface area (Å²) in [4.78, 5) is 16.8. The van der Waals surface area contributed by atoms with E-state index < -0.39 is 6.04 Å². The van der Waals surface area contributed by atoms with Crippen molar-refractivity contribution in [1.82, 2.24) is 14.9 Å². The summed E-state index contributed by atoms with van der Waals surface area (Å²) in [7, 11) is 1.84. The number of rotatable bonds is 6. The second-order valence-corrected chi connectivity index (χ2v) is 6.44. The minimum absolute atomic E-state index is 0.119. The van der Waals surface area contributed by atoms with Crippen molar-refractivity contribution in [2.45, 2.75) is 19.9 Å². The Labute approximate surface area is 157 Å². The van der Waals surface area contributed by atoms with Gasteiger partial charge in [0.1, 0.15) is 23.4 Å². The molecule has 0 aliphatic heterocycles. The van der Waals surface area contributed by atoms with Crippen LogP contribution in [0.4, 0.5) is 4.39 Å². The Morgan fingerprint density at radius 1 is 1.22 bits per heavy atom. The van der Waals surface area contributed by atoms with Crippen LogP contribution in [-0.4, -0.2) is 22.1 Å². The highest BCUT2D eigenvalue weighted by molar-refractivity contribution is 5.78. The van der Waals surface area contributed by atoms with Gasteiger partial charge in [-0.3, -0.25) is 4.79 Å². The molecule has 0 fully saturated rings. The van der Waals surface area contributed by atoms with Gasteiger partial charge in [0, 0.05) is 19.4 Å². The van der Waals surface area contributed by atoms with Gasteiger partial charge >= 0.3 is 0 Å². The zero-order valence-corrected chi connectivity index (χ0v) is 15.6. The van der Waals surface area contributed by atoms with E-state index in [1.165, 1.54) is 12.1 Å². The number of amides is 1. The van der Waals surface area contributed by atoms with Crippen LogP contribution in [0.15, 0.2) is 54.9 Å². The lowest BCUT2D eigenvalue weighted by Gasteiger charge is -2.19. The van der Waals surface area contributed by atoms with E-state index in [4.69, 9.17) is 4.74 Å². The normalized spacial score (nSPS) is 11.9. The molecule has 1 atom stereocenters. The average molecular weight is 367 g/mol. The Kier molecular flexibility index (Phi) is 5.54. The standard InChI is InChI=1S/C21H22FN3O2/c1-14-5-4-6-18(15(14)2)27-13-19(26)24-20(21-23-11-12-25(21)3)16-7-9-17(22)10-8-16/h4-12,20H,13H2,1-3H3,(H,24,26)/t20-/m0/s1.